The van der Waals surface area contributed by atoms with Crippen molar-refractivity contribution in [2.75, 3.05) is 26.8 Å². The Bertz CT molecular complexity index is 1630. The Balaban J connectivity index is 1.64. The first kappa shape index (κ1) is 33.2. The van der Waals surface area contributed by atoms with Crippen molar-refractivity contribution in [1.82, 2.24) is 19.3 Å². The number of rotatable bonds is 8. The molecule has 0 saturated carbocycles. The number of likely N-dealkylation sites (tertiary alicyclic amines) is 1. The second kappa shape index (κ2) is 13.5. The smallest absolute Gasteiger partial charge is 0.417 e. The number of halogens is 3. The van der Waals surface area contributed by atoms with E-state index in [2.05, 4.69) is 15.1 Å². The average molecular weight is 629 g/mol. The molecule has 3 aromatic rings. The van der Waals surface area contributed by atoms with Crippen LogP contribution in [0.2, 0.25) is 0 Å². The number of hydrogen-bond donors (Lipinski definition) is 1. The molecule has 4 heterocycles. The molecule has 0 bridgehead atoms. The summed E-state index contributed by atoms with van der Waals surface area (Å²) < 4.78 is 58.6. The predicted octanol–water partition coefficient (Wildman–Crippen LogP) is 4.91. The molecule has 1 amide bonds. The molecular weight excluding hydrogens is 593 g/mol. The molecule has 0 spiro atoms. The Kier molecular flexibility index (Phi) is 9.97. The topological polar surface area (TPSA) is 153 Å². The first-order chi connectivity index (χ1) is 21.2. The van der Waals surface area contributed by atoms with Gasteiger partial charge in [-0.25, -0.2) is 9.78 Å². The van der Waals surface area contributed by atoms with Gasteiger partial charge in [-0.05, 0) is 52.7 Å². The maximum Gasteiger partial charge on any atom is 0.417 e. The first-order valence-corrected chi connectivity index (χ1v) is 14.1. The molecule has 0 aliphatic carbocycles. The number of aromatic nitrogens is 3. The van der Waals surface area contributed by atoms with Crippen molar-refractivity contribution >= 4 is 23.2 Å². The van der Waals surface area contributed by atoms with E-state index in [4.69, 9.17) is 25.0 Å². The van der Waals surface area contributed by atoms with E-state index < -0.39 is 23.4 Å². The molecule has 4 rings (SSSR count). The Morgan fingerprint density at radius 2 is 1.89 bits per heavy atom. The second-order valence-corrected chi connectivity index (χ2v) is 11.5. The van der Waals surface area contributed by atoms with Crippen molar-refractivity contribution < 1.29 is 32.2 Å². The van der Waals surface area contributed by atoms with E-state index in [0.29, 0.717) is 48.6 Å². The van der Waals surface area contributed by atoms with Crippen LogP contribution < -0.4 is 10.6 Å². The van der Waals surface area contributed by atoms with Crippen LogP contribution in [0.3, 0.4) is 0 Å². The molecule has 15 heteroatoms. The highest BCUT2D eigenvalue weighted by atomic mass is 19.4. The van der Waals surface area contributed by atoms with E-state index in [9.17, 15) is 23.2 Å². The number of amides is 1. The SMILES string of the molecule is COCC(Oc1cc(/C(=N/N)C(C)=NC2CCN(C(=O)OC(C)(C)C)CC2)cc2ncc(C#N)n12)c1cncc(C(F)(F)F)c1. The Morgan fingerprint density at radius 1 is 1.18 bits per heavy atom. The van der Waals surface area contributed by atoms with Crippen molar-refractivity contribution in [2.45, 2.75) is 64.5 Å². The second-order valence-electron chi connectivity index (χ2n) is 11.5. The lowest BCUT2D eigenvalue weighted by molar-refractivity contribution is -0.138. The van der Waals surface area contributed by atoms with E-state index >= 15 is 0 Å². The van der Waals surface area contributed by atoms with Gasteiger partial charge in [-0.3, -0.25) is 14.4 Å². The van der Waals surface area contributed by atoms with Crippen LogP contribution >= 0.6 is 0 Å². The zero-order chi connectivity index (χ0) is 32.9. The summed E-state index contributed by atoms with van der Waals surface area (Å²) in [6, 6.07) is 6.10. The molecule has 1 aliphatic heterocycles. The Labute approximate surface area is 258 Å². The highest BCUT2D eigenvalue weighted by molar-refractivity contribution is 6.47. The number of hydrazone groups is 1. The van der Waals surface area contributed by atoms with E-state index in [-0.39, 0.29) is 35.9 Å². The summed E-state index contributed by atoms with van der Waals surface area (Å²) in [6.07, 6.45) is -1.45. The minimum absolute atomic E-state index is 0.0932. The lowest BCUT2D eigenvalue weighted by Gasteiger charge is -2.32. The Hall–Kier alpha value is -4.71. The number of carbonyl (C=O) groups is 1. The number of alkyl halides is 3. The number of imidazole rings is 1. The van der Waals surface area contributed by atoms with Gasteiger partial charge in [-0.1, -0.05) is 0 Å². The van der Waals surface area contributed by atoms with Crippen molar-refractivity contribution in [2.24, 2.45) is 15.9 Å². The molecule has 3 aromatic heterocycles. The van der Waals surface area contributed by atoms with E-state index in [1.54, 1.807) is 24.0 Å². The Morgan fingerprint density at radius 3 is 2.49 bits per heavy atom. The average Bonchev–Trinajstić information content (AvgIpc) is 3.40. The van der Waals surface area contributed by atoms with Gasteiger partial charge >= 0.3 is 12.3 Å². The number of carbonyl (C=O) groups excluding carboxylic acids is 1. The third-order valence-electron chi connectivity index (χ3n) is 6.96. The fraction of sp³-hybridized carbons (Fsp3) is 0.467. The number of methoxy groups -OCH3 is 1. The summed E-state index contributed by atoms with van der Waals surface area (Å²) in [5.41, 5.74) is 0.344. The highest BCUT2D eigenvalue weighted by Crippen LogP contribution is 2.32. The number of hydrogen-bond acceptors (Lipinski definition) is 10. The first-order valence-electron chi connectivity index (χ1n) is 14.1. The van der Waals surface area contributed by atoms with Crippen LogP contribution in [0.15, 0.2) is 46.9 Å². The summed E-state index contributed by atoms with van der Waals surface area (Å²) in [4.78, 5) is 27.0. The monoisotopic (exact) mass is 628 g/mol. The third kappa shape index (κ3) is 8.07. The summed E-state index contributed by atoms with van der Waals surface area (Å²) in [5.74, 6) is 5.93. The predicted molar refractivity (Wildman–Crippen MR) is 159 cm³/mol. The maximum absolute atomic E-state index is 13.4. The van der Waals surface area contributed by atoms with Gasteiger partial charge in [0.2, 0.25) is 5.88 Å². The largest absolute Gasteiger partial charge is 0.468 e. The maximum atomic E-state index is 13.4. The molecule has 240 valence electrons. The molecule has 0 aromatic carbocycles. The molecular formula is C30H35F3N8O4. The molecule has 1 saturated heterocycles. The summed E-state index contributed by atoms with van der Waals surface area (Å²) in [5, 5.41) is 13.7. The standard InChI is InChI=1S/C30H35F3N8O4/c1-18(38-22-6-8-40(9-7-22)28(42)45-29(2,3)4)27(39-35)19-11-25-37-16-23(13-34)41(25)26(12-19)44-24(17-43-5)20-10-21(15-36-14-20)30(31,32)33/h10-12,14-16,22,24H,6-9,17,35H2,1-5H3/b38-18?,39-27+. The van der Waals surface area contributed by atoms with Gasteiger partial charge in [0, 0.05) is 49.8 Å². The van der Waals surface area contributed by atoms with Crippen molar-refractivity contribution in [1.29, 1.82) is 5.26 Å². The number of pyridine rings is 2. The molecule has 12 nitrogen and oxygen atoms in total. The minimum Gasteiger partial charge on any atom is -0.468 e. The van der Waals surface area contributed by atoms with Gasteiger partial charge in [-0.15, -0.1) is 0 Å². The van der Waals surface area contributed by atoms with E-state index in [1.165, 1.54) is 23.9 Å². The number of aliphatic imine (C=N–C) groups is 1. The van der Waals surface area contributed by atoms with Crippen LogP contribution in [-0.4, -0.2) is 75.2 Å². The number of nitrogens with two attached hydrogens (primary N) is 1. The summed E-state index contributed by atoms with van der Waals surface area (Å²) >= 11 is 0. The normalized spacial score (nSPS) is 16.0. The van der Waals surface area contributed by atoms with Gasteiger partial charge in [-0.2, -0.15) is 23.5 Å². The quantitative estimate of drug-likeness (QED) is 0.210. The number of fused-ring (bicyclic) bond motifs is 1. The molecule has 1 unspecified atom stereocenters. The lowest BCUT2D eigenvalue weighted by atomic mass is 10.0. The fourth-order valence-corrected chi connectivity index (χ4v) is 4.88. The van der Waals surface area contributed by atoms with Gasteiger partial charge in [0.25, 0.3) is 0 Å². The van der Waals surface area contributed by atoms with Crippen molar-refractivity contribution in [3.63, 3.8) is 0 Å². The number of nitrogens with zero attached hydrogens (tertiary/aromatic N) is 7. The molecule has 1 aliphatic rings. The van der Waals surface area contributed by atoms with Crippen molar-refractivity contribution in [3.05, 3.63) is 59.2 Å². The molecule has 0 radical (unpaired) electrons. The van der Waals surface area contributed by atoms with Crippen LogP contribution in [0.25, 0.3) is 5.65 Å². The number of piperidine rings is 1. The third-order valence-corrected chi connectivity index (χ3v) is 6.96. The molecule has 1 fully saturated rings. The van der Waals surface area contributed by atoms with Gasteiger partial charge in [0.1, 0.15) is 28.7 Å². The highest BCUT2D eigenvalue weighted by Gasteiger charge is 2.32. The molecule has 1 atom stereocenters. The zero-order valence-corrected chi connectivity index (χ0v) is 25.6. The van der Waals surface area contributed by atoms with E-state index in [1.807, 2.05) is 26.8 Å². The summed E-state index contributed by atoms with van der Waals surface area (Å²) in [7, 11) is 1.39. The molecule has 2 N–H and O–H groups in total. The van der Waals surface area contributed by atoms with Gasteiger partial charge in [0.15, 0.2) is 6.10 Å². The lowest BCUT2D eigenvalue weighted by Crippen LogP contribution is -2.42. The number of ether oxygens (including phenoxy) is 3. The van der Waals surface area contributed by atoms with Crippen LogP contribution in [0.5, 0.6) is 5.88 Å². The number of nitriles is 1. The van der Waals surface area contributed by atoms with Gasteiger partial charge in [0.05, 0.1) is 30.1 Å². The fourth-order valence-electron chi connectivity index (χ4n) is 4.88. The van der Waals surface area contributed by atoms with Crippen LogP contribution in [0, 0.1) is 11.3 Å². The molecule has 45 heavy (non-hydrogen) atoms. The van der Waals surface area contributed by atoms with Crippen molar-refractivity contribution in [3.8, 4) is 11.9 Å². The van der Waals surface area contributed by atoms with Crippen LogP contribution in [0.4, 0.5) is 18.0 Å². The van der Waals surface area contributed by atoms with Crippen LogP contribution in [0.1, 0.15) is 69.0 Å². The van der Waals surface area contributed by atoms with Gasteiger partial charge < -0.3 is 25.0 Å². The minimum atomic E-state index is -4.61. The van der Waals surface area contributed by atoms with E-state index in [0.717, 1.165) is 12.3 Å². The van der Waals surface area contributed by atoms with Crippen LogP contribution in [-0.2, 0) is 15.7 Å². The zero-order valence-electron chi connectivity index (χ0n) is 25.6. The summed E-state index contributed by atoms with van der Waals surface area (Å²) in [6.45, 7) is 8.04.